The zero-order chi connectivity index (χ0) is 10.7. The molecule has 1 aliphatic heterocycles. The average molecular weight is 198 g/mol. The molecule has 2 amide bonds. The molecule has 4 heteroatoms. The summed E-state index contributed by atoms with van der Waals surface area (Å²) in [5, 5.41) is 3.18. The Kier molecular flexibility index (Phi) is 3.63. The number of nitrogens with one attached hydrogen (secondary N) is 1. The van der Waals surface area contributed by atoms with E-state index in [2.05, 4.69) is 5.32 Å². The van der Waals surface area contributed by atoms with Crippen LogP contribution in [-0.4, -0.2) is 35.8 Å². The van der Waals surface area contributed by atoms with Crippen molar-refractivity contribution in [2.75, 3.05) is 13.1 Å². The van der Waals surface area contributed by atoms with Crippen molar-refractivity contribution < 1.29 is 9.59 Å². The first-order valence-corrected chi connectivity index (χ1v) is 5.10. The topological polar surface area (TPSA) is 49.4 Å². The van der Waals surface area contributed by atoms with Gasteiger partial charge in [0.05, 0.1) is 0 Å². The van der Waals surface area contributed by atoms with E-state index >= 15 is 0 Å². The summed E-state index contributed by atoms with van der Waals surface area (Å²) < 4.78 is 0. The van der Waals surface area contributed by atoms with Gasteiger partial charge in [-0.3, -0.25) is 14.5 Å². The summed E-state index contributed by atoms with van der Waals surface area (Å²) in [6.45, 7) is 7.06. The fourth-order valence-corrected chi connectivity index (χ4v) is 1.55. The van der Waals surface area contributed by atoms with E-state index in [4.69, 9.17) is 0 Å². The molecule has 1 unspecified atom stereocenters. The molecule has 14 heavy (non-hydrogen) atoms. The fraction of sp³-hybridized carbons (Fsp3) is 0.800. The summed E-state index contributed by atoms with van der Waals surface area (Å²) in [4.78, 5) is 24.2. The highest BCUT2D eigenvalue weighted by atomic mass is 16.2. The molecule has 0 aromatic rings. The largest absolute Gasteiger partial charge is 0.313 e. The van der Waals surface area contributed by atoms with Crippen LogP contribution in [0.3, 0.4) is 0 Å². The smallest absolute Gasteiger partial charge is 0.232 e. The van der Waals surface area contributed by atoms with Crippen LogP contribution in [-0.2, 0) is 9.59 Å². The van der Waals surface area contributed by atoms with E-state index in [0.29, 0.717) is 25.6 Å². The van der Waals surface area contributed by atoms with E-state index in [0.717, 1.165) is 0 Å². The van der Waals surface area contributed by atoms with Gasteiger partial charge in [-0.1, -0.05) is 20.8 Å². The highest BCUT2D eigenvalue weighted by Crippen LogP contribution is 2.17. The quantitative estimate of drug-likeness (QED) is 0.664. The zero-order valence-corrected chi connectivity index (χ0v) is 9.04. The van der Waals surface area contributed by atoms with Crippen LogP contribution in [0.5, 0.6) is 0 Å². The van der Waals surface area contributed by atoms with Crippen LogP contribution in [0.2, 0.25) is 0 Å². The van der Waals surface area contributed by atoms with Crippen LogP contribution in [0.15, 0.2) is 0 Å². The minimum absolute atomic E-state index is 0.0273. The van der Waals surface area contributed by atoms with Crippen molar-refractivity contribution >= 4 is 11.8 Å². The summed E-state index contributed by atoms with van der Waals surface area (Å²) in [6, 6.07) is 0.389. The maximum Gasteiger partial charge on any atom is 0.232 e. The lowest BCUT2D eigenvalue weighted by molar-refractivity contribution is -0.139. The Bertz CT molecular complexity index is 238. The molecule has 1 fully saturated rings. The van der Waals surface area contributed by atoms with Crippen LogP contribution < -0.4 is 5.32 Å². The fourth-order valence-electron chi connectivity index (χ4n) is 1.55. The maximum absolute atomic E-state index is 11.5. The minimum atomic E-state index is -0.124. The molecule has 0 aliphatic carbocycles. The number of carbonyl (C=O) groups excluding carboxylic acids is 2. The third kappa shape index (κ3) is 2.54. The molecule has 4 nitrogen and oxygen atoms in total. The van der Waals surface area contributed by atoms with Crippen molar-refractivity contribution in [2.45, 2.75) is 33.2 Å². The van der Waals surface area contributed by atoms with Crippen molar-refractivity contribution in [2.24, 2.45) is 5.92 Å². The summed E-state index contributed by atoms with van der Waals surface area (Å²) in [5.74, 6) is -0.185. The van der Waals surface area contributed by atoms with E-state index in [1.807, 2.05) is 13.8 Å². The number of amides is 2. The van der Waals surface area contributed by atoms with Crippen molar-refractivity contribution in [3.8, 4) is 0 Å². The van der Waals surface area contributed by atoms with Crippen LogP contribution in [0.25, 0.3) is 0 Å². The molecule has 0 radical (unpaired) electrons. The Labute approximate surface area is 84.7 Å². The second-order valence-electron chi connectivity index (χ2n) is 4.10. The zero-order valence-electron chi connectivity index (χ0n) is 9.04. The summed E-state index contributed by atoms with van der Waals surface area (Å²) in [7, 11) is 0. The summed E-state index contributed by atoms with van der Waals surface area (Å²) in [6.07, 6.45) is 0.376. The Morgan fingerprint density at radius 2 is 2.14 bits per heavy atom. The number of hydrogen-bond donors (Lipinski definition) is 1. The monoisotopic (exact) mass is 198 g/mol. The number of carbonyl (C=O) groups is 2. The van der Waals surface area contributed by atoms with Crippen LogP contribution in [0.4, 0.5) is 0 Å². The van der Waals surface area contributed by atoms with Crippen LogP contribution >= 0.6 is 0 Å². The van der Waals surface area contributed by atoms with Crippen molar-refractivity contribution in [3.63, 3.8) is 0 Å². The first kappa shape index (κ1) is 11.2. The first-order chi connectivity index (χ1) is 6.52. The lowest BCUT2D eigenvalue weighted by atomic mass is 10.1. The standard InChI is InChI=1S/C10H18N2O2/c1-7(2)11-4-5-12-9(13)6-8(3)10(12)14/h7-8,11H,4-6H2,1-3H3. The normalized spacial score (nSPS) is 22.6. The molecule has 1 aliphatic rings. The Morgan fingerprint density at radius 1 is 1.50 bits per heavy atom. The van der Waals surface area contributed by atoms with Gasteiger partial charge in [-0.25, -0.2) is 0 Å². The SMILES string of the molecule is CC(C)NCCN1C(=O)CC(C)C1=O. The Balaban J connectivity index is 2.37. The van der Waals surface area contributed by atoms with Crippen LogP contribution in [0, 0.1) is 5.92 Å². The van der Waals surface area contributed by atoms with Gasteiger partial charge in [0, 0.05) is 31.5 Å². The number of rotatable bonds is 4. The molecule has 0 aromatic heterocycles. The number of imide groups is 1. The first-order valence-electron chi connectivity index (χ1n) is 5.10. The second-order valence-corrected chi connectivity index (χ2v) is 4.10. The molecule has 0 bridgehead atoms. The maximum atomic E-state index is 11.5. The second kappa shape index (κ2) is 4.55. The molecule has 0 spiro atoms. The molecular weight excluding hydrogens is 180 g/mol. The highest BCUT2D eigenvalue weighted by Gasteiger charge is 2.34. The van der Waals surface area contributed by atoms with Gasteiger partial charge in [-0.05, 0) is 0 Å². The highest BCUT2D eigenvalue weighted by molar-refractivity contribution is 6.03. The predicted octanol–water partition coefficient (Wildman–Crippen LogP) is 0.379. The van der Waals surface area contributed by atoms with Gasteiger partial charge in [0.2, 0.25) is 11.8 Å². The van der Waals surface area contributed by atoms with E-state index in [9.17, 15) is 9.59 Å². The predicted molar refractivity (Wildman–Crippen MR) is 53.6 cm³/mol. The van der Waals surface area contributed by atoms with E-state index in [1.54, 1.807) is 6.92 Å². The van der Waals surface area contributed by atoms with E-state index in [-0.39, 0.29) is 17.7 Å². The van der Waals surface area contributed by atoms with E-state index < -0.39 is 0 Å². The van der Waals surface area contributed by atoms with Gasteiger partial charge in [-0.2, -0.15) is 0 Å². The van der Waals surface area contributed by atoms with Crippen molar-refractivity contribution in [3.05, 3.63) is 0 Å². The molecule has 1 rings (SSSR count). The van der Waals surface area contributed by atoms with Crippen LogP contribution in [0.1, 0.15) is 27.2 Å². The Hall–Kier alpha value is -0.900. The van der Waals surface area contributed by atoms with Gasteiger partial charge >= 0.3 is 0 Å². The van der Waals surface area contributed by atoms with Gasteiger partial charge in [0.25, 0.3) is 0 Å². The summed E-state index contributed by atoms with van der Waals surface area (Å²) in [5.41, 5.74) is 0. The minimum Gasteiger partial charge on any atom is -0.313 e. The lowest BCUT2D eigenvalue weighted by Crippen LogP contribution is -2.38. The average Bonchev–Trinajstić information content (AvgIpc) is 2.31. The van der Waals surface area contributed by atoms with Gasteiger partial charge in [-0.15, -0.1) is 0 Å². The van der Waals surface area contributed by atoms with Crippen molar-refractivity contribution in [1.29, 1.82) is 0 Å². The molecule has 1 saturated heterocycles. The number of hydrogen-bond acceptors (Lipinski definition) is 3. The third-order valence-corrected chi connectivity index (χ3v) is 2.36. The lowest BCUT2D eigenvalue weighted by Gasteiger charge is -2.15. The Morgan fingerprint density at radius 3 is 2.57 bits per heavy atom. The van der Waals surface area contributed by atoms with Gasteiger partial charge in [0.15, 0.2) is 0 Å². The van der Waals surface area contributed by atoms with Gasteiger partial charge < -0.3 is 5.32 Å². The number of nitrogens with zero attached hydrogens (tertiary/aromatic N) is 1. The molecule has 1 N–H and O–H groups in total. The summed E-state index contributed by atoms with van der Waals surface area (Å²) >= 11 is 0. The number of likely N-dealkylation sites (tertiary alicyclic amines) is 1. The van der Waals surface area contributed by atoms with Crippen molar-refractivity contribution in [1.82, 2.24) is 10.2 Å². The molecule has 1 atom stereocenters. The third-order valence-electron chi connectivity index (χ3n) is 2.36. The van der Waals surface area contributed by atoms with E-state index in [1.165, 1.54) is 4.90 Å². The molecular formula is C10H18N2O2. The molecule has 0 aromatic carbocycles. The van der Waals surface area contributed by atoms with Gasteiger partial charge in [0.1, 0.15) is 0 Å². The molecule has 0 saturated carbocycles. The molecule has 1 heterocycles. The molecule has 80 valence electrons.